The third-order valence-corrected chi connectivity index (χ3v) is 9.25. The zero-order chi connectivity index (χ0) is 30.5. The molecule has 7 aromatic rings. The summed E-state index contributed by atoms with van der Waals surface area (Å²) in [4.78, 5) is 22.7. The second-order valence-electron chi connectivity index (χ2n) is 11.0. The molecule has 5 nitrogen and oxygen atoms in total. The number of hydrogen-bond acceptors (Lipinski definition) is 5. The number of nitrogens with zero attached hydrogens (tertiary/aromatic N) is 3. The Balaban J connectivity index is 1.42. The van der Waals surface area contributed by atoms with E-state index in [9.17, 15) is 9.90 Å². The van der Waals surface area contributed by atoms with Crippen molar-refractivity contribution in [2.24, 2.45) is 0 Å². The van der Waals surface area contributed by atoms with Crippen LogP contribution in [0.15, 0.2) is 139 Å². The van der Waals surface area contributed by atoms with Crippen LogP contribution in [0.3, 0.4) is 0 Å². The molecule has 1 aliphatic heterocycles. The van der Waals surface area contributed by atoms with E-state index >= 15 is 0 Å². The van der Waals surface area contributed by atoms with E-state index in [0.717, 1.165) is 72.3 Å². The van der Waals surface area contributed by atoms with Gasteiger partial charge in [-0.3, -0.25) is 0 Å². The first-order valence-corrected chi connectivity index (χ1v) is 15.6. The molecule has 0 spiro atoms. The second kappa shape index (κ2) is 10.8. The van der Waals surface area contributed by atoms with E-state index in [4.69, 9.17) is 4.98 Å². The number of carbonyl (C=O) groups is 1. The molecule has 0 unspecified atom stereocenters. The first-order valence-electron chi connectivity index (χ1n) is 14.7. The van der Waals surface area contributed by atoms with Crippen LogP contribution >= 0.6 is 11.3 Å². The number of thiophene rings is 1. The van der Waals surface area contributed by atoms with E-state index in [2.05, 4.69) is 125 Å². The van der Waals surface area contributed by atoms with Crippen LogP contribution in [-0.4, -0.2) is 16.1 Å². The average molecular weight is 602 g/mol. The van der Waals surface area contributed by atoms with Crippen LogP contribution in [0, 0.1) is 6.92 Å². The molecule has 0 fully saturated rings. The summed E-state index contributed by atoms with van der Waals surface area (Å²) in [5.41, 5.74) is 11.4. The minimum Gasteiger partial charge on any atom is -0.478 e. The Morgan fingerprint density at radius 1 is 0.667 bits per heavy atom. The molecule has 0 saturated heterocycles. The number of aromatic carboxylic acids is 1. The highest BCUT2D eigenvalue weighted by Crippen LogP contribution is 2.55. The number of aromatic nitrogens is 1. The zero-order valence-corrected chi connectivity index (χ0v) is 25.2. The summed E-state index contributed by atoms with van der Waals surface area (Å²) in [5, 5.41) is 12.7. The molecule has 1 N–H and O–H groups in total. The van der Waals surface area contributed by atoms with Gasteiger partial charge in [0.1, 0.15) is 0 Å². The Labute approximate surface area is 264 Å². The number of anilines is 6. The van der Waals surface area contributed by atoms with E-state index in [0.29, 0.717) is 0 Å². The number of aryl methyl sites for hydroxylation is 1. The summed E-state index contributed by atoms with van der Waals surface area (Å²) in [5.74, 6) is -0.947. The Morgan fingerprint density at radius 3 is 1.89 bits per heavy atom. The Bertz CT molecular complexity index is 2160. The first-order chi connectivity index (χ1) is 22.1. The molecule has 8 rings (SSSR count). The molecule has 3 heterocycles. The standard InChI is InChI=1S/C39H27N3O2S/c1-25-17-22-35(38-37(25)29(36-16-9-23-45-36)24-30(40-38)26-18-20-27(21-19-26)39(43)44)42-33-14-7-5-12-31(33)41(28-10-3-2-4-11-28)32-13-6-8-15-34(32)42/h2-24H,1H3,(H,43,44). The Morgan fingerprint density at radius 2 is 1.29 bits per heavy atom. The number of para-hydroxylation sites is 5. The molecular formula is C39H27N3O2S. The van der Waals surface area contributed by atoms with Crippen LogP contribution in [0.4, 0.5) is 34.1 Å². The fourth-order valence-corrected chi connectivity index (χ4v) is 7.04. The van der Waals surface area contributed by atoms with Crippen molar-refractivity contribution in [2.75, 3.05) is 9.80 Å². The molecule has 6 heteroatoms. The smallest absolute Gasteiger partial charge is 0.335 e. The quantitative estimate of drug-likeness (QED) is 0.213. The Kier molecular flexibility index (Phi) is 6.43. The summed E-state index contributed by atoms with van der Waals surface area (Å²) in [6.45, 7) is 2.14. The first kappa shape index (κ1) is 26.9. The van der Waals surface area contributed by atoms with Gasteiger partial charge in [-0.1, -0.05) is 66.7 Å². The topological polar surface area (TPSA) is 56.7 Å². The predicted molar refractivity (Wildman–Crippen MR) is 185 cm³/mol. The lowest BCUT2D eigenvalue weighted by Gasteiger charge is -2.40. The van der Waals surface area contributed by atoms with Gasteiger partial charge < -0.3 is 14.9 Å². The number of benzene rings is 5. The molecular weight excluding hydrogens is 575 g/mol. The maximum Gasteiger partial charge on any atom is 0.335 e. The van der Waals surface area contributed by atoms with Crippen LogP contribution < -0.4 is 9.80 Å². The van der Waals surface area contributed by atoms with Crippen LogP contribution in [-0.2, 0) is 0 Å². The van der Waals surface area contributed by atoms with Gasteiger partial charge in [0.15, 0.2) is 0 Å². The van der Waals surface area contributed by atoms with Gasteiger partial charge in [-0.15, -0.1) is 11.3 Å². The predicted octanol–water partition coefficient (Wildman–Crippen LogP) is 10.9. The number of rotatable bonds is 5. The number of pyridine rings is 1. The van der Waals surface area contributed by atoms with Gasteiger partial charge in [-0.25, -0.2) is 9.78 Å². The van der Waals surface area contributed by atoms with Gasteiger partial charge in [0.25, 0.3) is 0 Å². The molecule has 0 atom stereocenters. The van der Waals surface area contributed by atoms with Gasteiger partial charge in [-0.05, 0) is 84.6 Å². The highest BCUT2D eigenvalue weighted by Gasteiger charge is 2.31. The van der Waals surface area contributed by atoms with E-state index in [1.165, 1.54) is 0 Å². The molecule has 0 amide bonds. The van der Waals surface area contributed by atoms with Crippen molar-refractivity contribution >= 4 is 62.3 Å². The lowest BCUT2D eigenvalue weighted by Crippen LogP contribution is -2.24. The fourth-order valence-electron chi connectivity index (χ4n) is 6.29. The highest BCUT2D eigenvalue weighted by atomic mass is 32.1. The molecule has 1 aliphatic rings. The van der Waals surface area contributed by atoms with Crippen LogP contribution in [0.5, 0.6) is 0 Å². The van der Waals surface area contributed by atoms with Crippen LogP contribution in [0.1, 0.15) is 15.9 Å². The normalized spacial score (nSPS) is 12.2. The van der Waals surface area contributed by atoms with Gasteiger partial charge in [0.2, 0.25) is 0 Å². The van der Waals surface area contributed by atoms with Gasteiger partial charge in [0, 0.05) is 27.1 Å². The van der Waals surface area contributed by atoms with Crippen molar-refractivity contribution in [1.82, 2.24) is 4.98 Å². The number of fused-ring (bicyclic) bond motifs is 3. The minimum absolute atomic E-state index is 0.249. The zero-order valence-electron chi connectivity index (χ0n) is 24.4. The lowest BCUT2D eigenvalue weighted by atomic mass is 9.97. The molecule has 216 valence electrons. The molecule has 0 aliphatic carbocycles. The van der Waals surface area contributed by atoms with Crippen molar-refractivity contribution in [3.63, 3.8) is 0 Å². The summed E-state index contributed by atoms with van der Waals surface area (Å²) >= 11 is 1.70. The van der Waals surface area contributed by atoms with Gasteiger partial charge >= 0.3 is 5.97 Å². The van der Waals surface area contributed by atoms with Crippen LogP contribution in [0.25, 0.3) is 32.6 Å². The fraction of sp³-hybridized carbons (Fsp3) is 0.0256. The number of carboxylic acid groups (broad SMARTS) is 1. The van der Waals surface area contributed by atoms with Crippen molar-refractivity contribution in [1.29, 1.82) is 0 Å². The lowest BCUT2D eigenvalue weighted by molar-refractivity contribution is 0.0697. The number of hydrogen-bond donors (Lipinski definition) is 1. The van der Waals surface area contributed by atoms with E-state index < -0.39 is 5.97 Å². The molecule has 0 bridgehead atoms. The summed E-state index contributed by atoms with van der Waals surface area (Å²) < 4.78 is 0. The summed E-state index contributed by atoms with van der Waals surface area (Å²) in [6.07, 6.45) is 0. The Hall–Kier alpha value is -5.72. The second-order valence-corrected chi connectivity index (χ2v) is 12.0. The SMILES string of the molecule is Cc1ccc(N2c3ccccc3N(c3ccccc3)c3ccccc32)c2nc(-c3ccc(C(=O)O)cc3)cc(-c3cccs3)c12. The maximum absolute atomic E-state index is 11.6. The largest absolute Gasteiger partial charge is 0.478 e. The molecule has 0 saturated carbocycles. The third kappa shape index (κ3) is 4.46. The molecule has 5 aromatic carbocycles. The van der Waals surface area contributed by atoms with E-state index in [1.807, 2.05) is 18.2 Å². The van der Waals surface area contributed by atoms with Crippen LogP contribution in [0.2, 0.25) is 0 Å². The van der Waals surface area contributed by atoms with Crippen molar-refractivity contribution in [3.05, 3.63) is 150 Å². The monoisotopic (exact) mass is 601 g/mol. The molecule has 0 radical (unpaired) electrons. The van der Waals surface area contributed by atoms with Crippen molar-refractivity contribution in [2.45, 2.75) is 6.92 Å². The van der Waals surface area contributed by atoms with Gasteiger partial charge in [0.05, 0.1) is 45.2 Å². The summed E-state index contributed by atoms with van der Waals surface area (Å²) in [7, 11) is 0. The van der Waals surface area contributed by atoms with Gasteiger partial charge in [-0.2, -0.15) is 0 Å². The van der Waals surface area contributed by atoms with E-state index in [-0.39, 0.29) is 5.56 Å². The van der Waals surface area contributed by atoms with E-state index in [1.54, 1.807) is 23.5 Å². The van der Waals surface area contributed by atoms with Crippen molar-refractivity contribution in [3.8, 4) is 21.7 Å². The third-order valence-electron chi connectivity index (χ3n) is 8.34. The molecule has 2 aromatic heterocycles. The number of carboxylic acids is 1. The minimum atomic E-state index is -0.947. The highest BCUT2D eigenvalue weighted by molar-refractivity contribution is 7.13. The summed E-state index contributed by atoms with van der Waals surface area (Å²) in [6, 6.07) is 45.1. The maximum atomic E-state index is 11.6. The average Bonchev–Trinajstić information content (AvgIpc) is 3.63. The van der Waals surface area contributed by atoms with Crippen molar-refractivity contribution < 1.29 is 9.90 Å². The molecule has 45 heavy (non-hydrogen) atoms.